The molecule has 3 aromatic carbocycles. The lowest BCUT2D eigenvalue weighted by atomic mass is 9.87. The Bertz CT molecular complexity index is 1470. The number of carbonyl (C=O) groups is 1. The number of hydrogen-bond acceptors (Lipinski definition) is 5. The first-order valence-electron chi connectivity index (χ1n) is 13.4. The van der Waals surface area contributed by atoms with E-state index in [9.17, 15) is 14.9 Å². The zero-order valence-electron chi connectivity index (χ0n) is 21.7. The number of nitro benzene ring substituents is 1. The van der Waals surface area contributed by atoms with Gasteiger partial charge in [0.1, 0.15) is 0 Å². The minimum atomic E-state index is -0.542. The van der Waals surface area contributed by atoms with Gasteiger partial charge >= 0.3 is 0 Å². The summed E-state index contributed by atoms with van der Waals surface area (Å²) in [6.07, 6.45) is 3.66. The Kier molecular flexibility index (Phi) is 6.89. The van der Waals surface area contributed by atoms with Crippen LogP contribution in [0.25, 0.3) is 10.9 Å². The van der Waals surface area contributed by atoms with Gasteiger partial charge in [0.2, 0.25) is 5.91 Å². The van der Waals surface area contributed by atoms with Crippen LogP contribution in [0.2, 0.25) is 0 Å². The van der Waals surface area contributed by atoms with Crippen molar-refractivity contribution < 1.29 is 19.2 Å². The number of amides is 1. The molecule has 6 rings (SSSR count). The van der Waals surface area contributed by atoms with Gasteiger partial charge in [-0.25, -0.2) is 0 Å². The monoisotopic (exact) mass is 525 g/mol. The second-order valence-corrected chi connectivity index (χ2v) is 10.3. The first-order chi connectivity index (χ1) is 19.0. The highest BCUT2D eigenvalue weighted by molar-refractivity contribution is 5.88. The first kappa shape index (κ1) is 25.3. The summed E-state index contributed by atoms with van der Waals surface area (Å²) in [7, 11) is 0. The van der Waals surface area contributed by atoms with Gasteiger partial charge in [-0.1, -0.05) is 60.7 Å². The van der Waals surface area contributed by atoms with Crippen LogP contribution in [0.3, 0.4) is 0 Å². The normalized spacial score (nSPS) is 17.5. The zero-order valence-corrected chi connectivity index (χ0v) is 21.7. The zero-order chi connectivity index (χ0) is 26.8. The molecule has 2 aliphatic rings. The van der Waals surface area contributed by atoms with Crippen LogP contribution in [0.5, 0.6) is 0 Å². The molecule has 0 N–H and O–H groups in total. The van der Waals surface area contributed by atoms with E-state index in [0.29, 0.717) is 45.7 Å². The Labute approximate surface area is 226 Å². The fourth-order valence-corrected chi connectivity index (χ4v) is 5.89. The summed E-state index contributed by atoms with van der Waals surface area (Å²) < 4.78 is 13.8. The highest BCUT2D eigenvalue weighted by Crippen LogP contribution is 2.38. The van der Waals surface area contributed by atoms with E-state index < -0.39 is 5.79 Å². The molecule has 1 spiro atoms. The SMILES string of the molecule is O=C(C[C@@H](c1ccccc1)c1cn(Cc2ccccc2)c2ccc([N+](=O)[O-])cc12)N1CCC2(CC1)OCCO2. The van der Waals surface area contributed by atoms with E-state index >= 15 is 0 Å². The van der Waals surface area contributed by atoms with Crippen LogP contribution in [0, 0.1) is 10.1 Å². The Morgan fingerprint density at radius 3 is 2.28 bits per heavy atom. The first-order valence-corrected chi connectivity index (χ1v) is 13.4. The van der Waals surface area contributed by atoms with Gasteiger partial charge in [0.15, 0.2) is 5.79 Å². The van der Waals surface area contributed by atoms with Crippen molar-refractivity contribution in [1.82, 2.24) is 9.47 Å². The number of fused-ring (bicyclic) bond motifs is 1. The maximum Gasteiger partial charge on any atom is 0.270 e. The highest BCUT2D eigenvalue weighted by Gasteiger charge is 2.41. The van der Waals surface area contributed by atoms with E-state index in [4.69, 9.17) is 9.47 Å². The van der Waals surface area contributed by atoms with Gasteiger partial charge in [-0.3, -0.25) is 14.9 Å². The molecule has 8 heteroatoms. The number of piperidine rings is 1. The molecule has 1 aromatic heterocycles. The summed E-state index contributed by atoms with van der Waals surface area (Å²) in [5.74, 6) is -0.736. The van der Waals surface area contributed by atoms with Crippen LogP contribution in [0.15, 0.2) is 85.1 Å². The van der Waals surface area contributed by atoms with E-state index in [1.807, 2.05) is 59.5 Å². The standard InChI is InChI=1S/C31H31N3O5/c35-30(32-15-13-31(14-16-32)38-17-18-39-31)20-26(24-9-5-2-6-10-24)28-22-33(21-23-7-3-1-4-8-23)29-12-11-25(34(36)37)19-27(28)29/h1-12,19,22,26H,13-18,20-21H2/t26-/m0/s1. The van der Waals surface area contributed by atoms with Crippen LogP contribution in [0.4, 0.5) is 5.69 Å². The summed E-state index contributed by atoms with van der Waals surface area (Å²) in [6.45, 7) is 2.99. The summed E-state index contributed by atoms with van der Waals surface area (Å²) in [5, 5.41) is 12.5. The smallest absolute Gasteiger partial charge is 0.270 e. The molecule has 8 nitrogen and oxygen atoms in total. The average Bonchev–Trinajstić information content (AvgIpc) is 3.57. The quantitative estimate of drug-likeness (QED) is 0.235. The van der Waals surface area contributed by atoms with Crippen molar-refractivity contribution >= 4 is 22.5 Å². The van der Waals surface area contributed by atoms with Gasteiger partial charge in [0, 0.05) is 74.0 Å². The minimum absolute atomic E-state index is 0.0391. The summed E-state index contributed by atoms with van der Waals surface area (Å²) >= 11 is 0. The van der Waals surface area contributed by atoms with E-state index in [0.717, 1.165) is 27.6 Å². The Morgan fingerprint density at radius 1 is 0.949 bits per heavy atom. The summed E-state index contributed by atoms with van der Waals surface area (Å²) in [6, 6.07) is 25.1. The van der Waals surface area contributed by atoms with Gasteiger partial charge in [-0.15, -0.1) is 0 Å². The number of ether oxygens (including phenoxy) is 2. The molecule has 0 saturated carbocycles. The average molecular weight is 526 g/mol. The molecule has 2 saturated heterocycles. The van der Waals surface area contributed by atoms with Gasteiger partial charge in [-0.2, -0.15) is 0 Å². The minimum Gasteiger partial charge on any atom is -0.347 e. The molecule has 0 bridgehead atoms. The van der Waals surface area contributed by atoms with Crippen LogP contribution >= 0.6 is 0 Å². The molecule has 2 fully saturated rings. The lowest BCUT2D eigenvalue weighted by Crippen LogP contribution is -2.47. The third-order valence-corrected chi connectivity index (χ3v) is 7.95. The number of nitro groups is 1. The summed E-state index contributed by atoms with van der Waals surface area (Å²) in [4.78, 5) is 26.9. The van der Waals surface area contributed by atoms with Crippen molar-refractivity contribution in [3.8, 4) is 0 Å². The second kappa shape index (κ2) is 10.6. The van der Waals surface area contributed by atoms with Crippen LogP contribution < -0.4 is 0 Å². The van der Waals surface area contributed by atoms with E-state index in [1.165, 1.54) is 0 Å². The third kappa shape index (κ3) is 5.17. The number of non-ortho nitro benzene ring substituents is 1. The van der Waals surface area contributed by atoms with E-state index in [2.05, 4.69) is 22.9 Å². The number of rotatable bonds is 7. The molecular weight excluding hydrogens is 494 g/mol. The summed E-state index contributed by atoms with van der Waals surface area (Å²) in [5.41, 5.74) is 4.00. The van der Waals surface area contributed by atoms with Crippen molar-refractivity contribution in [2.24, 2.45) is 0 Å². The molecule has 39 heavy (non-hydrogen) atoms. The maximum atomic E-state index is 13.7. The van der Waals surface area contributed by atoms with Crippen molar-refractivity contribution in [2.75, 3.05) is 26.3 Å². The molecule has 2 aliphatic heterocycles. The highest BCUT2D eigenvalue weighted by atomic mass is 16.7. The Balaban J connectivity index is 1.37. The van der Waals surface area contributed by atoms with Crippen LogP contribution in [-0.4, -0.2) is 52.4 Å². The van der Waals surface area contributed by atoms with Crippen molar-refractivity contribution in [2.45, 2.75) is 37.5 Å². The number of likely N-dealkylation sites (tertiary alicyclic amines) is 1. The molecule has 1 amide bonds. The number of aromatic nitrogens is 1. The molecular formula is C31H31N3O5. The second-order valence-electron chi connectivity index (χ2n) is 10.3. The molecule has 0 unspecified atom stereocenters. The Morgan fingerprint density at radius 2 is 1.62 bits per heavy atom. The van der Waals surface area contributed by atoms with E-state index in [-0.39, 0.29) is 28.9 Å². The largest absolute Gasteiger partial charge is 0.347 e. The van der Waals surface area contributed by atoms with Gasteiger partial charge in [0.25, 0.3) is 5.69 Å². The molecule has 1 atom stereocenters. The van der Waals surface area contributed by atoms with Crippen molar-refractivity contribution in [3.05, 3.63) is 112 Å². The molecule has 0 aliphatic carbocycles. The fourth-order valence-electron chi connectivity index (χ4n) is 5.89. The van der Waals surface area contributed by atoms with Crippen LogP contribution in [-0.2, 0) is 20.8 Å². The third-order valence-electron chi connectivity index (χ3n) is 7.95. The number of hydrogen-bond donors (Lipinski definition) is 0. The van der Waals surface area contributed by atoms with Gasteiger partial charge in [-0.05, 0) is 22.8 Å². The topological polar surface area (TPSA) is 86.8 Å². The number of benzene rings is 3. The van der Waals surface area contributed by atoms with E-state index in [1.54, 1.807) is 12.1 Å². The van der Waals surface area contributed by atoms with Gasteiger partial charge < -0.3 is 18.9 Å². The number of carbonyl (C=O) groups excluding carboxylic acids is 1. The molecule has 200 valence electrons. The maximum absolute atomic E-state index is 13.7. The van der Waals surface area contributed by atoms with Crippen LogP contribution in [0.1, 0.15) is 41.9 Å². The van der Waals surface area contributed by atoms with Gasteiger partial charge in [0.05, 0.1) is 18.1 Å². The number of nitrogens with zero attached hydrogens (tertiary/aromatic N) is 3. The van der Waals surface area contributed by atoms with Crippen molar-refractivity contribution in [3.63, 3.8) is 0 Å². The predicted octanol–water partition coefficient (Wildman–Crippen LogP) is 5.49. The lowest BCUT2D eigenvalue weighted by molar-refractivity contribution is -0.384. The lowest BCUT2D eigenvalue weighted by Gasteiger charge is -2.38. The molecule has 0 radical (unpaired) electrons. The molecule has 4 aromatic rings. The molecule has 3 heterocycles. The predicted molar refractivity (Wildman–Crippen MR) is 147 cm³/mol. The fraction of sp³-hybridized carbons (Fsp3) is 0.323. The van der Waals surface area contributed by atoms with Crippen molar-refractivity contribution in [1.29, 1.82) is 0 Å². The Hall–Kier alpha value is -4.01.